The number of aromatic nitrogens is 4. The Morgan fingerprint density at radius 3 is 2.43 bits per heavy atom. The number of likely N-dealkylation sites (tertiary alicyclic amines) is 2. The highest BCUT2D eigenvalue weighted by Crippen LogP contribution is 2.41. The highest BCUT2D eigenvalue weighted by atomic mass is 16.5. The number of benzene rings is 1. The predicted molar refractivity (Wildman–Crippen MR) is 185 cm³/mol. The quantitative estimate of drug-likeness (QED) is 0.269. The normalized spacial score (nSPS) is 21.1. The molecule has 1 aromatic carbocycles. The second kappa shape index (κ2) is 13.4. The first kappa shape index (κ1) is 31.8. The van der Waals surface area contributed by atoms with Crippen molar-refractivity contribution in [2.24, 2.45) is 11.1 Å². The summed E-state index contributed by atoms with van der Waals surface area (Å²) in [6.07, 6.45) is 7.73. The van der Waals surface area contributed by atoms with Gasteiger partial charge < -0.3 is 35.8 Å². The van der Waals surface area contributed by atoms with E-state index in [0.717, 1.165) is 43.7 Å². The van der Waals surface area contributed by atoms with E-state index >= 15 is 0 Å². The van der Waals surface area contributed by atoms with E-state index in [1.165, 1.54) is 63.1 Å². The van der Waals surface area contributed by atoms with Crippen molar-refractivity contribution in [3.8, 4) is 11.4 Å². The van der Waals surface area contributed by atoms with E-state index in [0.29, 0.717) is 47.7 Å². The maximum Gasteiger partial charge on any atom is 0.271 e. The third-order valence-corrected chi connectivity index (χ3v) is 10.8. The number of primary amides is 1. The van der Waals surface area contributed by atoms with Gasteiger partial charge in [0.05, 0.1) is 0 Å². The number of hydrogen-bond acceptors (Lipinski definition) is 10. The number of carbonyl (C=O) groups is 1. The summed E-state index contributed by atoms with van der Waals surface area (Å²) in [5.41, 5.74) is 11.9. The Labute approximate surface area is 277 Å². The van der Waals surface area contributed by atoms with Crippen LogP contribution in [-0.2, 0) is 11.2 Å². The van der Waals surface area contributed by atoms with Crippen LogP contribution in [0.3, 0.4) is 0 Å². The monoisotopic (exact) mass is 642 g/mol. The zero-order valence-electron chi connectivity index (χ0n) is 28.1. The summed E-state index contributed by atoms with van der Waals surface area (Å²) in [4.78, 5) is 30.1. The van der Waals surface area contributed by atoms with Gasteiger partial charge >= 0.3 is 0 Å². The van der Waals surface area contributed by atoms with E-state index in [2.05, 4.69) is 67.7 Å². The molecule has 12 nitrogen and oxygen atoms in total. The SMILES string of the molecule is CCc1cc(Nc2nc(NC3CCOCC3)c(-c3cc(C)[nH]n3)nc2C(N)=O)ccc1N1CCC(N2CCC3(CC2)CN(C)C3)CC1. The third-order valence-electron chi connectivity index (χ3n) is 10.8. The Morgan fingerprint density at radius 1 is 1.04 bits per heavy atom. The molecule has 0 atom stereocenters. The van der Waals surface area contributed by atoms with Crippen molar-refractivity contribution in [1.29, 1.82) is 0 Å². The molecule has 6 heterocycles. The molecule has 5 N–H and O–H groups in total. The molecule has 12 heteroatoms. The molecule has 4 saturated heterocycles. The van der Waals surface area contributed by atoms with Crippen molar-refractivity contribution in [3.05, 3.63) is 41.2 Å². The van der Waals surface area contributed by atoms with Gasteiger partial charge in [0.1, 0.15) is 11.4 Å². The molecule has 0 aliphatic carbocycles. The zero-order valence-corrected chi connectivity index (χ0v) is 28.1. The second-order valence-electron chi connectivity index (χ2n) is 14.2. The summed E-state index contributed by atoms with van der Waals surface area (Å²) in [6.45, 7) is 12.7. The number of carbonyl (C=O) groups excluding carboxylic acids is 1. The highest BCUT2D eigenvalue weighted by Gasteiger charge is 2.44. The number of nitrogens with zero attached hydrogens (tertiary/aromatic N) is 6. The van der Waals surface area contributed by atoms with Crippen molar-refractivity contribution in [3.63, 3.8) is 0 Å². The number of amides is 1. The van der Waals surface area contributed by atoms with Gasteiger partial charge in [-0.2, -0.15) is 5.10 Å². The Morgan fingerprint density at radius 2 is 1.79 bits per heavy atom. The maximum absolute atomic E-state index is 12.7. The van der Waals surface area contributed by atoms with Gasteiger partial charge in [0.2, 0.25) is 0 Å². The van der Waals surface area contributed by atoms with Crippen molar-refractivity contribution in [2.45, 2.75) is 70.9 Å². The van der Waals surface area contributed by atoms with Crippen LogP contribution in [-0.4, -0.2) is 107 Å². The molecule has 4 aliphatic heterocycles. The average Bonchev–Trinajstić information content (AvgIpc) is 3.51. The summed E-state index contributed by atoms with van der Waals surface area (Å²) in [5, 5.41) is 14.3. The van der Waals surface area contributed by atoms with Crippen LogP contribution < -0.4 is 21.3 Å². The van der Waals surface area contributed by atoms with Crippen LogP contribution in [0.25, 0.3) is 11.4 Å². The van der Waals surface area contributed by atoms with Gasteiger partial charge in [-0.25, -0.2) is 9.97 Å². The first-order valence-electron chi connectivity index (χ1n) is 17.5. The van der Waals surface area contributed by atoms with E-state index in [1.807, 2.05) is 13.0 Å². The van der Waals surface area contributed by atoms with Crippen LogP contribution in [0.15, 0.2) is 24.3 Å². The van der Waals surface area contributed by atoms with Crippen molar-refractivity contribution in [1.82, 2.24) is 30.0 Å². The van der Waals surface area contributed by atoms with Gasteiger partial charge in [-0.3, -0.25) is 9.89 Å². The number of nitrogens with one attached hydrogen (secondary N) is 3. The van der Waals surface area contributed by atoms with Crippen LogP contribution in [0.4, 0.5) is 23.0 Å². The minimum Gasteiger partial charge on any atom is -0.381 e. The van der Waals surface area contributed by atoms with Gasteiger partial charge in [0.25, 0.3) is 5.91 Å². The molecule has 3 aromatic rings. The molecule has 2 aromatic heterocycles. The molecule has 0 saturated carbocycles. The van der Waals surface area contributed by atoms with E-state index in [1.54, 1.807) is 0 Å². The molecule has 4 aliphatic rings. The molecule has 0 radical (unpaired) electrons. The maximum atomic E-state index is 12.7. The molecule has 4 fully saturated rings. The summed E-state index contributed by atoms with van der Waals surface area (Å²) in [6, 6.07) is 9.21. The van der Waals surface area contributed by atoms with Gasteiger partial charge in [-0.05, 0) is 107 Å². The Kier molecular flexibility index (Phi) is 9.08. The van der Waals surface area contributed by atoms with E-state index in [-0.39, 0.29) is 11.7 Å². The van der Waals surface area contributed by atoms with E-state index in [4.69, 9.17) is 20.4 Å². The molecule has 0 unspecified atom stereocenters. The summed E-state index contributed by atoms with van der Waals surface area (Å²) >= 11 is 0. The number of anilines is 4. The Hall–Kier alpha value is -3.74. The van der Waals surface area contributed by atoms with E-state index < -0.39 is 5.91 Å². The zero-order chi connectivity index (χ0) is 32.5. The van der Waals surface area contributed by atoms with Crippen LogP contribution >= 0.6 is 0 Å². The van der Waals surface area contributed by atoms with Gasteiger partial charge in [0, 0.05) is 68.5 Å². The van der Waals surface area contributed by atoms with Gasteiger partial charge in [-0.15, -0.1) is 0 Å². The van der Waals surface area contributed by atoms with Crippen LogP contribution in [0, 0.1) is 12.3 Å². The third kappa shape index (κ3) is 6.81. The van der Waals surface area contributed by atoms with Crippen molar-refractivity contribution >= 4 is 28.9 Å². The standard InChI is InChI=1S/C35H50N10O2/c1-4-24-20-26(5-6-29(24)45-13-7-27(8-14-45)44-15-11-35(12-16-44)21-43(3)22-35)38-34-31(32(36)46)39-30(28-19-23(2)41-42-28)33(40-34)37-25-9-17-47-18-10-25/h5-6,19-20,25,27H,4,7-18,21-22H2,1-3H3,(H2,36,46)(H,41,42)(H2,37,38,40). The molecule has 252 valence electrons. The molecular formula is C35H50N10O2. The highest BCUT2D eigenvalue weighted by molar-refractivity contribution is 5.97. The lowest BCUT2D eigenvalue weighted by Crippen LogP contribution is -2.60. The molecule has 1 spiro atoms. The van der Waals surface area contributed by atoms with Crippen LogP contribution in [0.2, 0.25) is 0 Å². The Bertz CT molecular complexity index is 1560. The second-order valence-corrected chi connectivity index (χ2v) is 14.2. The summed E-state index contributed by atoms with van der Waals surface area (Å²) < 4.78 is 5.56. The number of piperidine rings is 2. The first-order valence-corrected chi connectivity index (χ1v) is 17.5. The molecule has 47 heavy (non-hydrogen) atoms. The first-order chi connectivity index (χ1) is 22.8. The van der Waals surface area contributed by atoms with E-state index in [9.17, 15) is 4.79 Å². The molecule has 7 rings (SSSR count). The molecule has 1 amide bonds. The Balaban J connectivity index is 1.07. The van der Waals surface area contributed by atoms with Gasteiger partial charge in [-0.1, -0.05) is 6.92 Å². The minimum absolute atomic E-state index is 0.0790. The average molecular weight is 643 g/mol. The van der Waals surface area contributed by atoms with Crippen LogP contribution in [0.1, 0.15) is 67.2 Å². The number of rotatable bonds is 9. The smallest absolute Gasteiger partial charge is 0.271 e. The fourth-order valence-corrected chi connectivity index (χ4v) is 8.19. The number of ether oxygens (including phenoxy) is 1. The molecular weight excluding hydrogens is 592 g/mol. The topological polar surface area (TPSA) is 141 Å². The number of H-pyrrole nitrogens is 1. The fraction of sp³-hybridized carbons (Fsp3) is 0.600. The minimum atomic E-state index is -0.648. The summed E-state index contributed by atoms with van der Waals surface area (Å²) in [5.74, 6) is 0.246. The fourth-order valence-electron chi connectivity index (χ4n) is 8.19. The number of aryl methyl sites for hydroxylation is 2. The van der Waals surface area contributed by atoms with Crippen molar-refractivity contribution < 1.29 is 9.53 Å². The lowest BCUT2D eigenvalue weighted by Gasteiger charge is -2.54. The number of hydrogen-bond donors (Lipinski definition) is 4. The number of nitrogens with two attached hydrogens (primary N) is 1. The number of aromatic amines is 1. The largest absolute Gasteiger partial charge is 0.381 e. The predicted octanol–water partition coefficient (Wildman–Crippen LogP) is 4.17. The lowest BCUT2D eigenvalue weighted by atomic mass is 9.72. The summed E-state index contributed by atoms with van der Waals surface area (Å²) in [7, 11) is 2.25. The van der Waals surface area contributed by atoms with Crippen LogP contribution in [0.5, 0.6) is 0 Å². The molecule has 0 bridgehead atoms. The van der Waals surface area contributed by atoms with Gasteiger partial charge in [0.15, 0.2) is 17.3 Å². The van der Waals surface area contributed by atoms with Crippen molar-refractivity contribution in [2.75, 3.05) is 75.1 Å². The lowest BCUT2D eigenvalue weighted by molar-refractivity contribution is -0.0419.